The predicted octanol–water partition coefficient (Wildman–Crippen LogP) is 2.80. The number of carbonyl (C=O) groups is 1. The molecule has 0 bridgehead atoms. The number of halogens is 2. The van der Waals surface area contributed by atoms with Gasteiger partial charge < -0.3 is 9.26 Å². The van der Waals surface area contributed by atoms with Crippen LogP contribution in [0.25, 0.3) is 11.3 Å². The van der Waals surface area contributed by atoms with Crippen LogP contribution in [0.3, 0.4) is 0 Å². The van der Waals surface area contributed by atoms with Gasteiger partial charge in [0.15, 0.2) is 5.76 Å². The molecule has 0 aliphatic heterocycles. The SMILES string of the molecule is CCOC(=O)c1cnoc1-c1ccc(F)cc1F. The fourth-order valence-corrected chi connectivity index (χ4v) is 1.46. The molecule has 1 aromatic carbocycles. The third-order valence-electron chi connectivity index (χ3n) is 2.24. The number of esters is 1. The summed E-state index contributed by atoms with van der Waals surface area (Å²) >= 11 is 0. The van der Waals surface area contributed by atoms with Crippen molar-refractivity contribution in [1.82, 2.24) is 5.16 Å². The number of hydrogen-bond donors (Lipinski definition) is 0. The maximum Gasteiger partial charge on any atom is 0.343 e. The molecular weight excluding hydrogens is 244 g/mol. The van der Waals surface area contributed by atoms with E-state index >= 15 is 0 Å². The van der Waals surface area contributed by atoms with Crippen molar-refractivity contribution in [3.8, 4) is 11.3 Å². The Morgan fingerprint density at radius 1 is 1.44 bits per heavy atom. The maximum absolute atomic E-state index is 13.6. The van der Waals surface area contributed by atoms with E-state index < -0.39 is 17.6 Å². The Labute approximate surface area is 101 Å². The minimum absolute atomic E-state index is 0.00218. The van der Waals surface area contributed by atoms with Crippen molar-refractivity contribution in [3.05, 3.63) is 41.6 Å². The highest BCUT2D eigenvalue weighted by Gasteiger charge is 2.21. The van der Waals surface area contributed by atoms with Crippen LogP contribution in [0.2, 0.25) is 0 Å². The van der Waals surface area contributed by atoms with Crippen molar-refractivity contribution in [1.29, 1.82) is 0 Å². The van der Waals surface area contributed by atoms with Crippen molar-refractivity contribution < 1.29 is 22.8 Å². The Bertz CT molecular complexity index is 580. The third kappa shape index (κ3) is 2.22. The molecular formula is C12H9F2NO3. The first-order chi connectivity index (χ1) is 8.63. The molecule has 1 heterocycles. The monoisotopic (exact) mass is 253 g/mol. The second-order valence-electron chi connectivity index (χ2n) is 3.41. The van der Waals surface area contributed by atoms with Crippen LogP contribution in [0.15, 0.2) is 28.9 Å². The van der Waals surface area contributed by atoms with E-state index in [1.54, 1.807) is 6.92 Å². The topological polar surface area (TPSA) is 52.3 Å². The van der Waals surface area contributed by atoms with Gasteiger partial charge >= 0.3 is 5.97 Å². The maximum atomic E-state index is 13.6. The second kappa shape index (κ2) is 4.95. The minimum Gasteiger partial charge on any atom is -0.462 e. The minimum atomic E-state index is -0.836. The zero-order valence-electron chi connectivity index (χ0n) is 9.44. The van der Waals surface area contributed by atoms with E-state index in [1.807, 2.05) is 0 Å². The van der Waals surface area contributed by atoms with Gasteiger partial charge in [0.25, 0.3) is 0 Å². The molecule has 0 aliphatic carbocycles. The summed E-state index contributed by atoms with van der Waals surface area (Å²) in [5.41, 5.74) is -0.0423. The van der Waals surface area contributed by atoms with Crippen LogP contribution < -0.4 is 0 Å². The van der Waals surface area contributed by atoms with Gasteiger partial charge in [-0.15, -0.1) is 0 Å². The van der Waals surface area contributed by atoms with E-state index in [-0.39, 0.29) is 23.5 Å². The molecule has 0 radical (unpaired) electrons. The van der Waals surface area contributed by atoms with Gasteiger partial charge in [0.1, 0.15) is 17.2 Å². The van der Waals surface area contributed by atoms with E-state index in [2.05, 4.69) is 5.16 Å². The molecule has 0 unspecified atom stereocenters. The van der Waals surface area contributed by atoms with E-state index in [0.717, 1.165) is 12.3 Å². The molecule has 0 spiro atoms. The van der Waals surface area contributed by atoms with Crippen LogP contribution >= 0.6 is 0 Å². The fraction of sp³-hybridized carbons (Fsp3) is 0.167. The summed E-state index contributed by atoms with van der Waals surface area (Å²) in [4.78, 5) is 11.6. The number of benzene rings is 1. The number of aromatic nitrogens is 1. The number of nitrogens with zero attached hydrogens (tertiary/aromatic N) is 1. The summed E-state index contributed by atoms with van der Waals surface area (Å²) in [6.45, 7) is 1.82. The highest BCUT2D eigenvalue weighted by atomic mass is 19.1. The van der Waals surface area contributed by atoms with E-state index in [9.17, 15) is 13.6 Å². The Morgan fingerprint density at radius 3 is 2.89 bits per heavy atom. The Balaban J connectivity index is 2.45. The molecule has 0 fully saturated rings. The molecule has 94 valence electrons. The molecule has 1 aromatic heterocycles. The Kier molecular flexibility index (Phi) is 3.36. The van der Waals surface area contributed by atoms with Crippen LogP contribution in [0.5, 0.6) is 0 Å². The zero-order chi connectivity index (χ0) is 13.1. The molecule has 18 heavy (non-hydrogen) atoms. The number of carbonyl (C=O) groups excluding carboxylic acids is 1. The van der Waals surface area contributed by atoms with Gasteiger partial charge in [-0.1, -0.05) is 5.16 Å². The molecule has 0 aliphatic rings. The van der Waals surface area contributed by atoms with Gasteiger partial charge in [-0.2, -0.15) is 0 Å². The van der Waals surface area contributed by atoms with E-state index in [0.29, 0.717) is 6.07 Å². The lowest BCUT2D eigenvalue weighted by molar-refractivity contribution is 0.0526. The first-order valence-corrected chi connectivity index (χ1v) is 5.20. The van der Waals surface area contributed by atoms with Gasteiger partial charge in [0.2, 0.25) is 0 Å². The van der Waals surface area contributed by atoms with Crippen molar-refractivity contribution in [3.63, 3.8) is 0 Å². The van der Waals surface area contributed by atoms with Crippen molar-refractivity contribution in [2.45, 2.75) is 6.92 Å². The summed E-state index contributed by atoms with van der Waals surface area (Å²) in [7, 11) is 0. The zero-order valence-corrected chi connectivity index (χ0v) is 9.44. The first kappa shape index (κ1) is 12.2. The normalized spacial score (nSPS) is 10.4. The van der Waals surface area contributed by atoms with Crippen LogP contribution in [0, 0.1) is 11.6 Å². The smallest absolute Gasteiger partial charge is 0.343 e. The van der Waals surface area contributed by atoms with Gasteiger partial charge in [-0.05, 0) is 19.1 Å². The van der Waals surface area contributed by atoms with Crippen LogP contribution in [-0.4, -0.2) is 17.7 Å². The quantitative estimate of drug-likeness (QED) is 0.789. The summed E-state index contributed by atoms with van der Waals surface area (Å²) in [5, 5.41) is 3.43. The predicted molar refractivity (Wildman–Crippen MR) is 57.8 cm³/mol. The lowest BCUT2D eigenvalue weighted by atomic mass is 10.1. The lowest BCUT2D eigenvalue weighted by Gasteiger charge is -2.02. The highest BCUT2D eigenvalue weighted by molar-refractivity contribution is 5.95. The molecule has 0 amide bonds. The van der Waals surface area contributed by atoms with Crippen LogP contribution in [-0.2, 0) is 4.74 Å². The largest absolute Gasteiger partial charge is 0.462 e. The van der Waals surface area contributed by atoms with Crippen molar-refractivity contribution >= 4 is 5.97 Å². The van der Waals surface area contributed by atoms with Gasteiger partial charge in [0.05, 0.1) is 18.4 Å². The molecule has 2 rings (SSSR count). The van der Waals surface area contributed by atoms with Gasteiger partial charge in [0, 0.05) is 6.07 Å². The standard InChI is InChI=1S/C12H9F2NO3/c1-2-17-12(16)9-6-15-18-11(9)8-4-3-7(13)5-10(8)14/h3-6H,2H2,1H3. The summed E-state index contributed by atoms with van der Waals surface area (Å²) < 4.78 is 36.0. The Morgan fingerprint density at radius 2 is 2.22 bits per heavy atom. The third-order valence-corrected chi connectivity index (χ3v) is 2.24. The van der Waals surface area contributed by atoms with Crippen LogP contribution in [0.4, 0.5) is 8.78 Å². The van der Waals surface area contributed by atoms with E-state index in [1.165, 1.54) is 6.07 Å². The number of ether oxygens (including phenoxy) is 1. The number of rotatable bonds is 3. The molecule has 6 heteroatoms. The molecule has 4 nitrogen and oxygen atoms in total. The van der Waals surface area contributed by atoms with Crippen LogP contribution in [0.1, 0.15) is 17.3 Å². The summed E-state index contributed by atoms with van der Waals surface area (Å²) in [6.07, 6.45) is 1.14. The molecule has 0 atom stereocenters. The molecule has 0 saturated carbocycles. The second-order valence-corrected chi connectivity index (χ2v) is 3.41. The highest BCUT2D eigenvalue weighted by Crippen LogP contribution is 2.27. The van der Waals surface area contributed by atoms with Gasteiger partial charge in [-0.3, -0.25) is 0 Å². The number of hydrogen-bond acceptors (Lipinski definition) is 4. The summed E-state index contributed by atoms with van der Waals surface area (Å²) in [5.74, 6) is -2.30. The van der Waals surface area contributed by atoms with Gasteiger partial charge in [-0.25, -0.2) is 13.6 Å². The molecule has 0 saturated heterocycles. The lowest BCUT2D eigenvalue weighted by Crippen LogP contribution is -2.05. The molecule has 0 N–H and O–H groups in total. The van der Waals surface area contributed by atoms with Crippen molar-refractivity contribution in [2.75, 3.05) is 6.61 Å². The average Bonchev–Trinajstić information content (AvgIpc) is 2.78. The van der Waals surface area contributed by atoms with E-state index in [4.69, 9.17) is 9.26 Å². The Hall–Kier alpha value is -2.24. The average molecular weight is 253 g/mol. The first-order valence-electron chi connectivity index (χ1n) is 5.20. The fourth-order valence-electron chi connectivity index (χ4n) is 1.46. The summed E-state index contributed by atoms with van der Waals surface area (Å²) in [6, 6.07) is 2.94. The van der Waals surface area contributed by atoms with Crippen molar-refractivity contribution in [2.24, 2.45) is 0 Å². The molecule has 2 aromatic rings.